The average Bonchev–Trinajstić information content (AvgIpc) is 2.99. The number of unbranched alkanes of at least 4 members (excludes halogenated alkanes) is 24. The third-order valence-corrected chi connectivity index (χ3v) is 9.20. The van der Waals surface area contributed by atoms with Gasteiger partial charge in [0.2, 0.25) is 0 Å². The van der Waals surface area contributed by atoms with Crippen molar-refractivity contribution in [2.24, 2.45) is 5.41 Å². The lowest BCUT2D eigenvalue weighted by Crippen LogP contribution is -2.58. The zero-order chi connectivity index (χ0) is 30.0. The van der Waals surface area contributed by atoms with Gasteiger partial charge in [-0.1, -0.05) is 147 Å². The highest BCUT2D eigenvalue weighted by atomic mass is 16.9. The lowest BCUT2D eigenvalue weighted by Gasteiger charge is -2.50. The number of ether oxygens (including phenoxy) is 3. The number of aliphatic carboxylic acids is 1. The van der Waals surface area contributed by atoms with Gasteiger partial charge in [-0.25, -0.2) is 0 Å². The van der Waals surface area contributed by atoms with Crippen LogP contribution in [0.3, 0.4) is 0 Å². The Labute approximate surface area is 259 Å². The Kier molecular flexibility index (Phi) is 21.7. The van der Waals surface area contributed by atoms with Crippen LogP contribution in [0.5, 0.6) is 0 Å². The summed E-state index contributed by atoms with van der Waals surface area (Å²) in [6.45, 7) is 4.49. The quantitative estimate of drug-likeness (QED) is 0.0664. The molecule has 0 aliphatic carbocycles. The molecule has 3 aliphatic rings. The van der Waals surface area contributed by atoms with Gasteiger partial charge in [0, 0.05) is 18.3 Å². The van der Waals surface area contributed by atoms with Gasteiger partial charge in [-0.05, 0) is 38.5 Å². The Balaban J connectivity index is 1.19. The second-order valence-corrected chi connectivity index (χ2v) is 13.8. The van der Waals surface area contributed by atoms with Gasteiger partial charge in [0.1, 0.15) is 0 Å². The number of hydrogen-bond donors (Lipinski definition) is 1. The molecule has 2 bridgehead atoms. The molecule has 0 radical (unpaired) electrons. The first-order valence-electron chi connectivity index (χ1n) is 18.3. The molecule has 0 aromatic rings. The van der Waals surface area contributed by atoms with E-state index < -0.39 is 11.9 Å². The average molecular weight is 593 g/mol. The standard InChI is InChI=1S/C37H68O5/c1-36-32-40-37(41-33-36,42-34-36)31-29-27-25-23-21-19-17-15-13-11-9-7-5-3-2-4-6-8-10-12-14-16-18-20-22-24-26-28-30-35(38)39/h2-3H,4-34H2,1H3,(H,38,39)/b3-2-. The van der Waals surface area contributed by atoms with Crippen LogP contribution in [0.4, 0.5) is 0 Å². The predicted octanol–water partition coefficient (Wildman–Crippen LogP) is 11.3. The zero-order valence-corrected chi connectivity index (χ0v) is 27.7. The molecule has 0 aromatic carbocycles. The number of rotatable bonds is 30. The number of carboxylic acid groups (broad SMARTS) is 1. The molecule has 42 heavy (non-hydrogen) atoms. The second kappa shape index (κ2) is 24.4. The summed E-state index contributed by atoms with van der Waals surface area (Å²) in [7, 11) is 0. The highest BCUT2D eigenvalue weighted by molar-refractivity contribution is 5.66. The van der Waals surface area contributed by atoms with Gasteiger partial charge in [-0.2, -0.15) is 0 Å². The van der Waals surface area contributed by atoms with Crippen LogP contribution in [0, 0.1) is 5.41 Å². The van der Waals surface area contributed by atoms with Crippen LogP contribution in [-0.2, 0) is 19.0 Å². The first-order chi connectivity index (χ1) is 20.5. The molecule has 1 N–H and O–H groups in total. The summed E-state index contributed by atoms with van der Waals surface area (Å²) in [6, 6.07) is 0. The minimum atomic E-state index is -0.718. The maximum atomic E-state index is 10.5. The van der Waals surface area contributed by atoms with E-state index in [1.807, 2.05) is 0 Å². The summed E-state index contributed by atoms with van der Waals surface area (Å²) in [5.74, 6) is -1.37. The van der Waals surface area contributed by atoms with Crippen molar-refractivity contribution in [2.45, 2.75) is 193 Å². The Morgan fingerprint density at radius 1 is 0.524 bits per heavy atom. The molecule has 3 heterocycles. The summed E-state index contributed by atoms with van der Waals surface area (Å²) in [4.78, 5) is 10.5. The zero-order valence-electron chi connectivity index (χ0n) is 27.7. The molecule has 0 unspecified atom stereocenters. The largest absolute Gasteiger partial charge is 0.481 e. The van der Waals surface area contributed by atoms with Crippen molar-refractivity contribution in [3.05, 3.63) is 12.2 Å². The molecule has 5 nitrogen and oxygen atoms in total. The lowest BCUT2D eigenvalue weighted by molar-refractivity contribution is -0.467. The molecule has 0 spiro atoms. The first-order valence-corrected chi connectivity index (χ1v) is 18.3. The highest BCUT2D eigenvalue weighted by Gasteiger charge is 2.49. The van der Waals surface area contributed by atoms with Crippen LogP contribution in [-0.4, -0.2) is 36.9 Å². The fraction of sp³-hybridized carbons (Fsp3) is 0.919. The third kappa shape index (κ3) is 19.4. The fourth-order valence-electron chi connectivity index (χ4n) is 6.23. The van der Waals surface area contributed by atoms with Gasteiger partial charge in [-0.3, -0.25) is 4.79 Å². The van der Waals surface area contributed by atoms with E-state index in [0.717, 1.165) is 45.5 Å². The molecule has 0 amide bonds. The molecule has 246 valence electrons. The number of carboxylic acids is 1. The van der Waals surface area contributed by atoms with Gasteiger partial charge >= 0.3 is 5.97 Å². The summed E-state index contributed by atoms with van der Waals surface area (Å²) in [6.07, 6.45) is 40.2. The van der Waals surface area contributed by atoms with E-state index in [1.165, 1.54) is 148 Å². The summed E-state index contributed by atoms with van der Waals surface area (Å²) in [5, 5.41) is 8.64. The van der Waals surface area contributed by atoms with E-state index in [9.17, 15) is 4.79 Å². The number of fused-ring (bicyclic) bond motifs is 3. The van der Waals surface area contributed by atoms with Crippen LogP contribution in [0.2, 0.25) is 0 Å². The minimum Gasteiger partial charge on any atom is -0.481 e. The monoisotopic (exact) mass is 593 g/mol. The van der Waals surface area contributed by atoms with Crippen molar-refractivity contribution in [3.8, 4) is 0 Å². The molecule has 3 aliphatic heterocycles. The number of carbonyl (C=O) groups is 1. The molecular weight excluding hydrogens is 524 g/mol. The van der Waals surface area contributed by atoms with Crippen LogP contribution >= 0.6 is 0 Å². The second-order valence-electron chi connectivity index (χ2n) is 13.8. The summed E-state index contributed by atoms with van der Waals surface area (Å²) >= 11 is 0. The van der Waals surface area contributed by atoms with Crippen molar-refractivity contribution in [1.82, 2.24) is 0 Å². The maximum absolute atomic E-state index is 10.5. The topological polar surface area (TPSA) is 65.0 Å². The van der Waals surface area contributed by atoms with E-state index in [2.05, 4.69) is 19.1 Å². The van der Waals surface area contributed by atoms with Crippen molar-refractivity contribution in [1.29, 1.82) is 0 Å². The van der Waals surface area contributed by atoms with Crippen LogP contribution in [0.15, 0.2) is 12.2 Å². The summed E-state index contributed by atoms with van der Waals surface area (Å²) < 4.78 is 17.6. The predicted molar refractivity (Wildman–Crippen MR) is 175 cm³/mol. The molecule has 3 saturated heterocycles. The Morgan fingerprint density at radius 3 is 1.19 bits per heavy atom. The Morgan fingerprint density at radius 2 is 0.833 bits per heavy atom. The van der Waals surface area contributed by atoms with E-state index >= 15 is 0 Å². The Bertz CT molecular complexity index is 651. The molecule has 3 fully saturated rings. The molecule has 0 aromatic heterocycles. The van der Waals surface area contributed by atoms with Gasteiger partial charge in [-0.15, -0.1) is 0 Å². The lowest BCUT2D eigenvalue weighted by atomic mass is 9.91. The first kappa shape index (κ1) is 37.3. The van der Waals surface area contributed by atoms with Gasteiger partial charge in [0.15, 0.2) is 0 Å². The molecule has 0 saturated carbocycles. The highest BCUT2D eigenvalue weighted by Crippen LogP contribution is 2.40. The van der Waals surface area contributed by atoms with Gasteiger partial charge in [0.25, 0.3) is 5.97 Å². The van der Waals surface area contributed by atoms with E-state index in [-0.39, 0.29) is 5.41 Å². The number of hydrogen-bond acceptors (Lipinski definition) is 4. The van der Waals surface area contributed by atoms with Crippen molar-refractivity contribution >= 4 is 5.97 Å². The Hall–Kier alpha value is -0.910. The minimum absolute atomic E-state index is 0.0658. The van der Waals surface area contributed by atoms with Crippen LogP contribution < -0.4 is 0 Å². The number of allylic oxidation sites excluding steroid dienone is 2. The smallest absolute Gasteiger partial charge is 0.303 e. The van der Waals surface area contributed by atoms with Gasteiger partial charge < -0.3 is 19.3 Å². The SMILES string of the molecule is CC12COC(CCCCCCCCCCCCCC/C=C\CCCCCCCCCCCCCCC(=O)O)(OC1)OC2. The third-order valence-electron chi connectivity index (χ3n) is 9.20. The van der Waals surface area contributed by atoms with E-state index in [1.54, 1.807) is 0 Å². The molecule has 0 atom stereocenters. The molecular formula is C37H68O5. The maximum Gasteiger partial charge on any atom is 0.303 e. The van der Waals surface area contributed by atoms with Crippen molar-refractivity contribution in [3.63, 3.8) is 0 Å². The fourth-order valence-corrected chi connectivity index (χ4v) is 6.23. The van der Waals surface area contributed by atoms with Crippen molar-refractivity contribution in [2.75, 3.05) is 19.8 Å². The molecule has 5 heteroatoms. The van der Waals surface area contributed by atoms with Crippen LogP contribution in [0.1, 0.15) is 187 Å². The summed E-state index contributed by atoms with van der Waals surface area (Å²) in [5.41, 5.74) is 0.0658. The normalized spacial score (nSPS) is 21.9. The van der Waals surface area contributed by atoms with E-state index in [0.29, 0.717) is 6.42 Å². The van der Waals surface area contributed by atoms with Gasteiger partial charge in [0.05, 0.1) is 19.8 Å². The van der Waals surface area contributed by atoms with Crippen molar-refractivity contribution < 1.29 is 24.1 Å². The van der Waals surface area contributed by atoms with E-state index in [4.69, 9.17) is 19.3 Å². The van der Waals surface area contributed by atoms with Crippen LogP contribution in [0.25, 0.3) is 0 Å². The molecule has 3 rings (SSSR count).